The van der Waals surface area contributed by atoms with Crippen LogP contribution < -0.4 is 15.4 Å². The molecular weight excluding hydrogens is 476 g/mol. The summed E-state index contributed by atoms with van der Waals surface area (Å²) in [7, 11) is -3.33. The molecule has 1 fully saturated rings. The molecule has 4 rings (SSSR count). The smallest absolute Gasteiger partial charge is 0.319 e. The van der Waals surface area contributed by atoms with Gasteiger partial charge in [-0.1, -0.05) is 37.5 Å². The van der Waals surface area contributed by atoms with Gasteiger partial charge in [0.25, 0.3) is 0 Å². The molecule has 0 aliphatic heterocycles. The fourth-order valence-electron chi connectivity index (χ4n) is 4.66. The first-order valence-corrected chi connectivity index (χ1v) is 13.6. The van der Waals surface area contributed by atoms with Gasteiger partial charge in [0.1, 0.15) is 6.07 Å². The van der Waals surface area contributed by atoms with Crippen LogP contribution in [0.3, 0.4) is 0 Å². The number of amides is 2. The molecule has 3 aromatic rings. The molecule has 0 radical (unpaired) electrons. The van der Waals surface area contributed by atoms with Crippen LogP contribution >= 0.6 is 0 Å². The molecule has 10 heteroatoms. The van der Waals surface area contributed by atoms with Crippen LogP contribution in [0.5, 0.6) is 0 Å². The maximum Gasteiger partial charge on any atom is 0.319 e. The zero-order valence-corrected chi connectivity index (χ0v) is 21.0. The van der Waals surface area contributed by atoms with E-state index in [2.05, 4.69) is 25.3 Å². The summed E-state index contributed by atoms with van der Waals surface area (Å²) in [6, 6.07) is 16.2. The predicted octanol–water partition coefficient (Wildman–Crippen LogP) is 4.68. The maximum atomic E-state index is 13.0. The van der Waals surface area contributed by atoms with Crippen LogP contribution in [0.2, 0.25) is 0 Å². The van der Waals surface area contributed by atoms with Crippen molar-refractivity contribution in [2.24, 2.45) is 0 Å². The number of carbonyl (C=O) groups excluding carboxylic acids is 1. The lowest BCUT2D eigenvalue weighted by molar-refractivity contribution is 0.209. The van der Waals surface area contributed by atoms with Gasteiger partial charge in [-0.2, -0.15) is 5.26 Å². The average Bonchev–Trinajstić information content (AvgIpc) is 2.84. The molecule has 0 spiro atoms. The minimum atomic E-state index is -3.33. The Balaban J connectivity index is 1.49. The molecule has 1 aliphatic rings. The van der Waals surface area contributed by atoms with E-state index in [4.69, 9.17) is 0 Å². The van der Waals surface area contributed by atoms with Crippen LogP contribution in [-0.4, -0.2) is 30.7 Å². The quantitative estimate of drug-likeness (QED) is 0.446. The third kappa shape index (κ3) is 5.98. The molecule has 0 atom stereocenters. The van der Waals surface area contributed by atoms with E-state index in [1.807, 2.05) is 43.3 Å². The fraction of sp³-hybridized carbons (Fsp3) is 0.308. The third-order valence-electron chi connectivity index (χ3n) is 6.29. The number of aromatic nitrogens is 2. The Hall–Kier alpha value is -3.97. The highest BCUT2D eigenvalue weighted by Gasteiger charge is 2.37. The highest BCUT2D eigenvalue weighted by Crippen LogP contribution is 2.36. The zero-order valence-electron chi connectivity index (χ0n) is 20.2. The number of nitrogens with zero attached hydrogens (tertiary/aromatic N) is 3. The number of hydrogen-bond acceptors (Lipinski definition) is 6. The topological polar surface area (TPSA) is 137 Å². The molecular formula is C26H28N6O3S. The van der Waals surface area contributed by atoms with Crippen LogP contribution in [0.4, 0.5) is 16.2 Å². The highest BCUT2D eigenvalue weighted by molar-refractivity contribution is 7.92. The van der Waals surface area contributed by atoms with Crippen molar-refractivity contribution in [3.63, 3.8) is 0 Å². The number of rotatable bonds is 6. The van der Waals surface area contributed by atoms with Crippen molar-refractivity contribution in [2.45, 2.75) is 44.6 Å². The second kappa shape index (κ2) is 10.3. The van der Waals surface area contributed by atoms with E-state index in [1.54, 1.807) is 24.4 Å². The van der Waals surface area contributed by atoms with Crippen molar-refractivity contribution >= 4 is 27.4 Å². The van der Waals surface area contributed by atoms with E-state index >= 15 is 0 Å². The number of carbonyl (C=O) groups is 1. The van der Waals surface area contributed by atoms with E-state index in [0.717, 1.165) is 55.1 Å². The molecule has 1 aromatic heterocycles. The molecule has 9 nitrogen and oxygen atoms in total. The molecule has 1 aliphatic carbocycles. The first-order valence-electron chi connectivity index (χ1n) is 11.7. The van der Waals surface area contributed by atoms with Gasteiger partial charge in [0.15, 0.2) is 0 Å². The highest BCUT2D eigenvalue weighted by atomic mass is 32.2. The van der Waals surface area contributed by atoms with Crippen molar-refractivity contribution in [3.05, 3.63) is 71.8 Å². The Labute approximate surface area is 211 Å². The van der Waals surface area contributed by atoms with Crippen LogP contribution in [0, 0.1) is 18.3 Å². The minimum absolute atomic E-state index is 0.0889. The Morgan fingerprint density at radius 3 is 2.36 bits per heavy atom. The van der Waals surface area contributed by atoms with Crippen molar-refractivity contribution in [2.75, 3.05) is 16.3 Å². The second-order valence-corrected chi connectivity index (χ2v) is 10.8. The van der Waals surface area contributed by atoms with Crippen LogP contribution in [0.25, 0.3) is 11.1 Å². The monoisotopic (exact) mass is 504 g/mol. The number of hydrogen-bond donors (Lipinski definition) is 3. The molecule has 0 unspecified atom stereocenters. The first kappa shape index (κ1) is 25.1. The largest absolute Gasteiger partial charge is 0.327 e. The van der Waals surface area contributed by atoms with Gasteiger partial charge in [0.05, 0.1) is 17.5 Å². The van der Waals surface area contributed by atoms with Crippen LogP contribution in [0.15, 0.2) is 54.7 Å². The molecule has 2 amide bonds. The molecule has 186 valence electrons. The summed E-state index contributed by atoms with van der Waals surface area (Å²) in [5, 5.41) is 15.3. The Bertz CT molecular complexity index is 1410. The summed E-state index contributed by atoms with van der Waals surface area (Å²) in [6.07, 6.45) is 7.15. The SMILES string of the molecule is Cc1cc(NC(=O)NC2(c3ccnc(C#N)n3)CCCCC2)ccc1-c1ccc(NS(C)(=O)=O)cc1. The molecule has 3 N–H and O–H groups in total. The lowest BCUT2D eigenvalue weighted by atomic mass is 9.79. The maximum absolute atomic E-state index is 13.0. The molecule has 0 bridgehead atoms. The van der Waals surface area contributed by atoms with E-state index in [1.165, 1.54) is 0 Å². The lowest BCUT2D eigenvalue weighted by Crippen LogP contribution is -2.49. The van der Waals surface area contributed by atoms with Gasteiger partial charge in [0.2, 0.25) is 15.8 Å². The van der Waals surface area contributed by atoms with E-state index in [9.17, 15) is 18.5 Å². The standard InChI is InChI=1S/C26H28N6O3S/c1-18-16-21(10-11-22(18)19-6-8-20(9-7-19)32-36(2,34)35)29-25(33)31-26(13-4-3-5-14-26)23-12-15-28-24(17-27)30-23/h6-12,15-16,32H,3-5,13-14H2,1-2H3,(H2,29,31,33). The van der Waals surface area contributed by atoms with Gasteiger partial charge < -0.3 is 10.6 Å². The van der Waals surface area contributed by atoms with Gasteiger partial charge >= 0.3 is 6.03 Å². The number of aryl methyl sites for hydroxylation is 1. The number of sulfonamides is 1. The first-order chi connectivity index (χ1) is 17.2. The summed E-state index contributed by atoms with van der Waals surface area (Å²) in [6.45, 7) is 1.95. The van der Waals surface area contributed by atoms with Gasteiger partial charge in [-0.05, 0) is 66.8 Å². The zero-order chi connectivity index (χ0) is 25.8. The fourth-order valence-corrected chi connectivity index (χ4v) is 5.22. The number of nitrogens with one attached hydrogen (secondary N) is 3. The third-order valence-corrected chi connectivity index (χ3v) is 6.90. The average molecular weight is 505 g/mol. The van der Waals surface area contributed by atoms with Crippen LogP contribution in [-0.2, 0) is 15.6 Å². The van der Waals surface area contributed by atoms with Gasteiger partial charge in [-0.25, -0.2) is 23.2 Å². The van der Waals surface area contributed by atoms with Crippen molar-refractivity contribution < 1.29 is 13.2 Å². The number of urea groups is 1. The lowest BCUT2D eigenvalue weighted by Gasteiger charge is -2.37. The number of benzene rings is 2. The summed E-state index contributed by atoms with van der Waals surface area (Å²) < 4.78 is 25.3. The van der Waals surface area contributed by atoms with E-state index in [0.29, 0.717) is 17.1 Å². The van der Waals surface area contributed by atoms with Crippen molar-refractivity contribution in [1.82, 2.24) is 15.3 Å². The number of anilines is 2. The molecule has 1 heterocycles. The minimum Gasteiger partial charge on any atom is -0.327 e. The predicted molar refractivity (Wildman–Crippen MR) is 139 cm³/mol. The van der Waals surface area contributed by atoms with Crippen LogP contribution in [0.1, 0.15) is 49.2 Å². The Kier molecular flexibility index (Phi) is 7.22. The van der Waals surface area contributed by atoms with Gasteiger partial charge in [-0.3, -0.25) is 4.72 Å². The second-order valence-electron chi connectivity index (χ2n) is 9.08. The normalized spacial score (nSPS) is 14.9. The summed E-state index contributed by atoms with van der Waals surface area (Å²) in [5.74, 6) is 0.0889. The van der Waals surface area contributed by atoms with Gasteiger partial charge in [-0.15, -0.1) is 0 Å². The Morgan fingerprint density at radius 1 is 1.03 bits per heavy atom. The molecule has 2 aromatic carbocycles. The summed E-state index contributed by atoms with van der Waals surface area (Å²) in [4.78, 5) is 21.4. The summed E-state index contributed by atoms with van der Waals surface area (Å²) in [5.41, 5.74) is 4.02. The number of nitriles is 1. The summed E-state index contributed by atoms with van der Waals surface area (Å²) >= 11 is 0. The Morgan fingerprint density at radius 2 is 1.72 bits per heavy atom. The molecule has 1 saturated carbocycles. The van der Waals surface area contributed by atoms with Gasteiger partial charge in [0, 0.05) is 17.6 Å². The van der Waals surface area contributed by atoms with E-state index < -0.39 is 15.6 Å². The van der Waals surface area contributed by atoms with Crippen molar-refractivity contribution in [3.8, 4) is 17.2 Å². The van der Waals surface area contributed by atoms with Crippen molar-refractivity contribution in [1.29, 1.82) is 5.26 Å². The molecule has 36 heavy (non-hydrogen) atoms. The van der Waals surface area contributed by atoms with E-state index in [-0.39, 0.29) is 11.9 Å². The molecule has 0 saturated heterocycles.